The Bertz CT molecular complexity index is 1120. The van der Waals surface area contributed by atoms with Crippen LogP contribution in [0.3, 0.4) is 0 Å². The van der Waals surface area contributed by atoms with Crippen molar-refractivity contribution in [3.63, 3.8) is 0 Å². The number of likely N-dealkylation sites (tertiary alicyclic amines) is 1. The summed E-state index contributed by atoms with van der Waals surface area (Å²) >= 11 is 18.7. The third-order valence-electron chi connectivity index (χ3n) is 5.86. The smallest absolute Gasteiger partial charge is 0.295 e. The van der Waals surface area contributed by atoms with Crippen molar-refractivity contribution in [3.8, 4) is 5.75 Å². The number of hydrogen-bond donors (Lipinski definition) is 1. The normalized spacial score (nSPS) is 17.6. The third kappa shape index (κ3) is 5.36. The number of carbonyl (C=O) groups excluding carboxylic acids is 2. The SMILES string of the molecule is CCOc1ccc(C(O)=C2C(=O)C(=O)N(CCN(CC)CC)[C@H]2c2ccc(Cl)c(Cl)c2)cc1Cl. The first-order valence-electron chi connectivity index (χ1n) is 11.1. The van der Waals surface area contributed by atoms with Crippen LogP contribution in [0.25, 0.3) is 5.76 Å². The summed E-state index contributed by atoms with van der Waals surface area (Å²) in [4.78, 5) is 29.9. The topological polar surface area (TPSA) is 70.1 Å². The summed E-state index contributed by atoms with van der Waals surface area (Å²) in [5, 5.41) is 12.1. The van der Waals surface area contributed by atoms with Crippen molar-refractivity contribution in [2.24, 2.45) is 0 Å². The summed E-state index contributed by atoms with van der Waals surface area (Å²) in [7, 11) is 0. The van der Waals surface area contributed by atoms with Gasteiger partial charge in [0.25, 0.3) is 11.7 Å². The van der Waals surface area contributed by atoms with Crippen molar-refractivity contribution in [2.45, 2.75) is 26.8 Å². The number of benzene rings is 2. The van der Waals surface area contributed by atoms with Crippen molar-refractivity contribution < 1.29 is 19.4 Å². The second kappa shape index (κ2) is 11.5. The molecular weight excluding hydrogens is 499 g/mol. The molecule has 0 aliphatic carbocycles. The van der Waals surface area contributed by atoms with Gasteiger partial charge >= 0.3 is 0 Å². The Kier molecular flexibility index (Phi) is 8.88. The van der Waals surface area contributed by atoms with Crippen LogP contribution in [0.2, 0.25) is 15.1 Å². The molecule has 0 aromatic heterocycles. The maximum Gasteiger partial charge on any atom is 0.295 e. The van der Waals surface area contributed by atoms with Crippen molar-refractivity contribution >= 4 is 52.3 Å². The Balaban J connectivity index is 2.12. The molecule has 1 atom stereocenters. The lowest BCUT2D eigenvalue weighted by atomic mass is 9.95. The van der Waals surface area contributed by atoms with Crippen molar-refractivity contribution in [1.82, 2.24) is 9.80 Å². The number of carbonyl (C=O) groups is 2. The van der Waals surface area contributed by atoms with E-state index in [0.29, 0.717) is 41.6 Å². The average molecular weight is 526 g/mol. The highest BCUT2D eigenvalue weighted by molar-refractivity contribution is 6.47. The second-order valence-electron chi connectivity index (χ2n) is 7.77. The molecule has 2 aromatic rings. The Morgan fingerprint density at radius 1 is 1.00 bits per heavy atom. The molecule has 1 aliphatic heterocycles. The monoisotopic (exact) mass is 524 g/mol. The molecule has 0 spiro atoms. The van der Waals surface area contributed by atoms with Gasteiger partial charge in [0.2, 0.25) is 0 Å². The molecule has 0 radical (unpaired) electrons. The molecule has 1 amide bonds. The van der Waals surface area contributed by atoms with Crippen LogP contribution in [-0.4, -0.2) is 59.4 Å². The molecule has 1 aliphatic rings. The molecule has 0 unspecified atom stereocenters. The molecule has 34 heavy (non-hydrogen) atoms. The quantitative estimate of drug-likeness (QED) is 0.254. The van der Waals surface area contributed by atoms with Gasteiger partial charge < -0.3 is 19.6 Å². The molecule has 9 heteroatoms. The maximum atomic E-state index is 13.2. The van der Waals surface area contributed by atoms with Crippen LogP contribution in [0.5, 0.6) is 5.75 Å². The molecule has 1 saturated heterocycles. The van der Waals surface area contributed by atoms with Crippen molar-refractivity contribution in [3.05, 3.63) is 68.2 Å². The van der Waals surface area contributed by atoms with Crippen LogP contribution >= 0.6 is 34.8 Å². The Hall–Kier alpha value is -2.25. The Morgan fingerprint density at radius 3 is 2.29 bits per heavy atom. The average Bonchev–Trinajstić information content (AvgIpc) is 3.07. The fourth-order valence-corrected chi connectivity index (χ4v) is 4.55. The largest absolute Gasteiger partial charge is 0.507 e. The van der Waals surface area contributed by atoms with E-state index >= 15 is 0 Å². The molecular formula is C25H27Cl3N2O4. The highest BCUT2D eigenvalue weighted by atomic mass is 35.5. The number of ether oxygens (including phenoxy) is 1. The van der Waals surface area contributed by atoms with E-state index in [4.69, 9.17) is 39.5 Å². The first kappa shape index (κ1) is 26.4. The van der Waals surface area contributed by atoms with Gasteiger partial charge in [-0.1, -0.05) is 54.7 Å². The number of aliphatic hydroxyl groups is 1. The summed E-state index contributed by atoms with van der Waals surface area (Å²) < 4.78 is 5.45. The number of likely N-dealkylation sites (N-methyl/N-ethyl adjacent to an activating group) is 1. The van der Waals surface area contributed by atoms with E-state index < -0.39 is 17.7 Å². The summed E-state index contributed by atoms with van der Waals surface area (Å²) in [5.74, 6) is -1.30. The van der Waals surface area contributed by atoms with E-state index in [2.05, 4.69) is 4.90 Å². The van der Waals surface area contributed by atoms with Crippen LogP contribution in [0.15, 0.2) is 42.0 Å². The molecule has 1 heterocycles. The van der Waals surface area contributed by atoms with Gasteiger partial charge in [-0.3, -0.25) is 9.59 Å². The van der Waals surface area contributed by atoms with E-state index in [1.54, 1.807) is 30.3 Å². The van der Waals surface area contributed by atoms with Crippen LogP contribution in [0, 0.1) is 0 Å². The van der Waals surface area contributed by atoms with Crippen LogP contribution in [-0.2, 0) is 9.59 Å². The van der Waals surface area contributed by atoms with Gasteiger partial charge in [0, 0.05) is 18.7 Å². The number of hydrogen-bond acceptors (Lipinski definition) is 5. The molecule has 0 saturated carbocycles. The second-order valence-corrected chi connectivity index (χ2v) is 8.99. The minimum absolute atomic E-state index is 0.0248. The van der Waals surface area contributed by atoms with Crippen LogP contribution in [0.1, 0.15) is 37.9 Å². The molecule has 182 valence electrons. The molecule has 1 fully saturated rings. The minimum Gasteiger partial charge on any atom is -0.507 e. The summed E-state index contributed by atoms with van der Waals surface area (Å²) in [5.41, 5.74) is 0.857. The van der Waals surface area contributed by atoms with E-state index in [9.17, 15) is 14.7 Å². The highest BCUT2D eigenvalue weighted by Crippen LogP contribution is 2.41. The number of halogens is 3. The predicted molar refractivity (Wildman–Crippen MR) is 136 cm³/mol. The fraction of sp³-hybridized carbons (Fsp3) is 0.360. The van der Waals surface area contributed by atoms with E-state index in [0.717, 1.165) is 13.1 Å². The number of ketones is 1. The maximum absolute atomic E-state index is 13.2. The van der Waals surface area contributed by atoms with Crippen LogP contribution < -0.4 is 4.74 Å². The van der Waals surface area contributed by atoms with E-state index in [-0.39, 0.29) is 21.4 Å². The lowest BCUT2D eigenvalue weighted by Crippen LogP contribution is -2.38. The zero-order valence-electron chi connectivity index (χ0n) is 19.3. The summed E-state index contributed by atoms with van der Waals surface area (Å²) in [6.07, 6.45) is 0. The zero-order chi connectivity index (χ0) is 25.0. The number of Topliss-reactive ketones (excluding diaryl/α,β-unsaturated/α-hetero) is 1. The van der Waals surface area contributed by atoms with Crippen molar-refractivity contribution in [1.29, 1.82) is 0 Å². The standard InChI is InChI=1S/C25H27Cl3N2O4/c1-4-29(5-2)11-12-30-22(15-7-9-17(26)18(27)13-15)21(24(32)25(30)33)23(31)16-8-10-20(34-6-3)19(28)14-16/h7-10,13-14,22,31H,4-6,11-12H2,1-3H3/t22-/m0/s1. The molecule has 1 N–H and O–H groups in total. The van der Waals surface area contributed by atoms with E-state index in [1.807, 2.05) is 20.8 Å². The van der Waals surface area contributed by atoms with E-state index in [1.165, 1.54) is 11.0 Å². The van der Waals surface area contributed by atoms with Gasteiger partial charge in [0.15, 0.2) is 0 Å². The third-order valence-corrected chi connectivity index (χ3v) is 6.89. The Morgan fingerprint density at radius 2 is 1.71 bits per heavy atom. The fourth-order valence-electron chi connectivity index (χ4n) is 4.00. The Labute approximate surface area is 214 Å². The summed E-state index contributed by atoms with van der Waals surface area (Å²) in [6.45, 7) is 8.82. The predicted octanol–water partition coefficient (Wildman–Crippen LogP) is 5.81. The lowest BCUT2D eigenvalue weighted by molar-refractivity contribution is -0.140. The number of nitrogens with zero attached hydrogens (tertiary/aromatic N) is 2. The number of amides is 1. The number of rotatable bonds is 9. The first-order valence-corrected chi connectivity index (χ1v) is 12.2. The van der Waals surface area contributed by atoms with Crippen LogP contribution in [0.4, 0.5) is 0 Å². The minimum atomic E-state index is -0.823. The zero-order valence-corrected chi connectivity index (χ0v) is 21.5. The molecule has 6 nitrogen and oxygen atoms in total. The summed E-state index contributed by atoms with van der Waals surface area (Å²) in [6, 6.07) is 8.83. The molecule has 0 bridgehead atoms. The van der Waals surface area contributed by atoms with Gasteiger partial charge in [-0.05, 0) is 55.9 Å². The number of aliphatic hydroxyl groups excluding tert-OH is 1. The first-order chi connectivity index (χ1) is 16.2. The molecule has 2 aromatic carbocycles. The van der Waals surface area contributed by atoms with Gasteiger partial charge in [-0.2, -0.15) is 0 Å². The van der Waals surface area contributed by atoms with Gasteiger partial charge in [0.1, 0.15) is 11.5 Å². The van der Waals surface area contributed by atoms with Gasteiger partial charge in [0.05, 0.1) is 33.3 Å². The lowest BCUT2D eigenvalue weighted by Gasteiger charge is -2.28. The van der Waals surface area contributed by atoms with Gasteiger partial charge in [-0.25, -0.2) is 0 Å². The highest BCUT2D eigenvalue weighted by Gasteiger charge is 2.46. The molecule has 3 rings (SSSR count). The van der Waals surface area contributed by atoms with Crippen molar-refractivity contribution in [2.75, 3.05) is 32.8 Å². The van der Waals surface area contributed by atoms with Gasteiger partial charge in [-0.15, -0.1) is 0 Å².